The van der Waals surface area contributed by atoms with Crippen LogP contribution < -0.4 is 10.6 Å². The van der Waals surface area contributed by atoms with Gasteiger partial charge in [0.15, 0.2) is 0 Å². The maximum Gasteiger partial charge on any atom is 0.243 e. The van der Waals surface area contributed by atoms with E-state index in [9.17, 15) is 9.59 Å². The number of nitrogens with one attached hydrogen (secondary N) is 2. The van der Waals surface area contributed by atoms with Crippen LogP contribution in [0.2, 0.25) is 0 Å². The maximum absolute atomic E-state index is 12.1. The summed E-state index contributed by atoms with van der Waals surface area (Å²) in [4.78, 5) is 24.0. The number of carbonyl (C=O) groups excluding carboxylic acids is 2. The van der Waals surface area contributed by atoms with Gasteiger partial charge in [0.1, 0.15) is 0 Å². The van der Waals surface area contributed by atoms with Gasteiger partial charge in [-0.3, -0.25) is 9.59 Å². The van der Waals surface area contributed by atoms with Crippen molar-refractivity contribution in [2.24, 2.45) is 5.41 Å². The van der Waals surface area contributed by atoms with Crippen molar-refractivity contribution in [3.05, 3.63) is 54.6 Å². The molecule has 2 aromatic carbocycles. The predicted octanol–water partition coefficient (Wildman–Crippen LogP) is 3.84. The molecular formula is C20H24N2O2. The van der Waals surface area contributed by atoms with Crippen LogP contribution in [0, 0.1) is 5.41 Å². The topological polar surface area (TPSA) is 58.2 Å². The summed E-state index contributed by atoms with van der Waals surface area (Å²) in [6.07, 6.45) is 0.390. The normalized spacial score (nSPS) is 11.0. The van der Waals surface area contributed by atoms with E-state index in [4.69, 9.17) is 0 Å². The highest BCUT2D eigenvalue weighted by Crippen LogP contribution is 2.27. The van der Waals surface area contributed by atoms with E-state index in [0.29, 0.717) is 6.42 Å². The predicted molar refractivity (Wildman–Crippen MR) is 97.6 cm³/mol. The van der Waals surface area contributed by atoms with Gasteiger partial charge in [0, 0.05) is 17.7 Å². The standard InChI is InChI=1S/C20H24N2O2/c1-20(2,3)13-18(23)21-14-19(24)22-17-12-8-7-11-16(17)15-9-5-4-6-10-15/h4-12H,13-14H2,1-3H3,(H,21,23)(H,22,24). The number of rotatable bonds is 5. The highest BCUT2D eigenvalue weighted by Gasteiger charge is 2.16. The summed E-state index contributed by atoms with van der Waals surface area (Å²) >= 11 is 0. The van der Waals surface area contributed by atoms with Gasteiger partial charge in [-0.25, -0.2) is 0 Å². The van der Waals surface area contributed by atoms with Gasteiger partial charge in [-0.1, -0.05) is 69.3 Å². The number of carbonyl (C=O) groups is 2. The second-order valence-electron chi connectivity index (χ2n) is 6.97. The van der Waals surface area contributed by atoms with Crippen molar-refractivity contribution in [1.29, 1.82) is 0 Å². The molecular weight excluding hydrogens is 300 g/mol. The monoisotopic (exact) mass is 324 g/mol. The Morgan fingerprint density at radius 1 is 0.875 bits per heavy atom. The zero-order valence-corrected chi connectivity index (χ0v) is 14.4. The maximum atomic E-state index is 12.1. The second kappa shape index (κ2) is 7.77. The smallest absolute Gasteiger partial charge is 0.243 e. The summed E-state index contributed by atoms with van der Waals surface area (Å²) in [5.41, 5.74) is 2.62. The van der Waals surface area contributed by atoms with Crippen LogP contribution >= 0.6 is 0 Å². The minimum Gasteiger partial charge on any atom is -0.347 e. The van der Waals surface area contributed by atoms with Crippen LogP contribution in [-0.4, -0.2) is 18.4 Å². The third-order valence-electron chi connectivity index (χ3n) is 3.42. The Balaban J connectivity index is 1.99. The van der Waals surface area contributed by atoms with E-state index < -0.39 is 0 Å². The largest absolute Gasteiger partial charge is 0.347 e. The fourth-order valence-electron chi connectivity index (χ4n) is 2.38. The summed E-state index contributed by atoms with van der Waals surface area (Å²) in [6.45, 7) is 5.94. The van der Waals surface area contributed by atoms with Crippen molar-refractivity contribution in [3.63, 3.8) is 0 Å². The summed E-state index contributed by atoms with van der Waals surface area (Å²) in [6, 6.07) is 17.5. The Morgan fingerprint density at radius 3 is 2.17 bits per heavy atom. The molecule has 0 saturated heterocycles. The second-order valence-corrected chi connectivity index (χ2v) is 6.97. The summed E-state index contributed by atoms with van der Waals surface area (Å²) < 4.78 is 0. The molecule has 0 spiro atoms. The molecule has 0 aliphatic rings. The molecule has 2 N–H and O–H groups in total. The van der Waals surface area contributed by atoms with Crippen LogP contribution in [0.15, 0.2) is 54.6 Å². The fourth-order valence-corrected chi connectivity index (χ4v) is 2.38. The highest BCUT2D eigenvalue weighted by molar-refractivity contribution is 5.98. The van der Waals surface area contributed by atoms with E-state index >= 15 is 0 Å². The van der Waals surface area contributed by atoms with Crippen molar-refractivity contribution in [2.75, 3.05) is 11.9 Å². The molecule has 126 valence electrons. The molecule has 24 heavy (non-hydrogen) atoms. The molecule has 0 aromatic heterocycles. The lowest BCUT2D eigenvalue weighted by atomic mass is 9.92. The van der Waals surface area contributed by atoms with Crippen LogP contribution in [0.4, 0.5) is 5.69 Å². The van der Waals surface area contributed by atoms with Gasteiger partial charge in [0.25, 0.3) is 0 Å². The molecule has 0 radical (unpaired) electrons. The first-order valence-electron chi connectivity index (χ1n) is 8.06. The molecule has 0 bridgehead atoms. The molecule has 0 unspecified atom stereocenters. The molecule has 2 rings (SSSR count). The van der Waals surface area contributed by atoms with Crippen molar-refractivity contribution >= 4 is 17.5 Å². The quantitative estimate of drug-likeness (QED) is 0.878. The molecule has 4 nitrogen and oxygen atoms in total. The van der Waals surface area contributed by atoms with Crippen LogP contribution in [0.25, 0.3) is 11.1 Å². The number of hydrogen-bond donors (Lipinski definition) is 2. The van der Waals surface area contributed by atoms with Crippen molar-refractivity contribution in [1.82, 2.24) is 5.32 Å². The van der Waals surface area contributed by atoms with Gasteiger partial charge >= 0.3 is 0 Å². The van der Waals surface area contributed by atoms with E-state index in [1.54, 1.807) is 0 Å². The van der Waals surface area contributed by atoms with Gasteiger partial charge < -0.3 is 10.6 Å². The minimum absolute atomic E-state index is 0.0297. The molecule has 0 aliphatic heterocycles. The summed E-state index contributed by atoms with van der Waals surface area (Å²) in [5.74, 6) is -0.352. The number of anilines is 1. The lowest BCUT2D eigenvalue weighted by Gasteiger charge is -2.17. The van der Waals surface area contributed by atoms with E-state index in [-0.39, 0.29) is 23.8 Å². The lowest BCUT2D eigenvalue weighted by Crippen LogP contribution is -2.34. The molecule has 4 heteroatoms. The molecule has 0 saturated carbocycles. The first-order chi connectivity index (χ1) is 11.3. The molecule has 0 heterocycles. The molecule has 0 fully saturated rings. The van der Waals surface area contributed by atoms with Crippen molar-refractivity contribution < 1.29 is 9.59 Å². The first kappa shape index (κ1) is 17.7. The molecule has 2 amide bonds. The Hall–Kier alpha value is -2.62. The summed E-state index contributed by atoms with van der Waals surface area (Å²) in [7, 11) is 0. The molecule has 0 atom stereocenters. The van der Waals surface area contributed by atoms with Crippen LogP contribution in [0.3, 0.4) is 0 Å². The highest BCUT2D eigenvalue weighted by atomic mass is 16.2. The molecule has 2 aromatic rings. The lowest BCUT2D eigenvalue weighted by molar-refractivity contribution is -0.125. The zero-order valence-electron chi connectivity index (χ0n) is 14.4. The average molecular weight is 324 g/mol. The van der Waals surface area contributed by atoms with Crippen LogP contribution in [0.5, 0.6) is 0 Å². The van der Waals surface area contributed by atoms with Gasteiger partial charge in [-0.05, 0) is 17.0 Å². The van der Waals surface area contributed by atoms with E-state index in [0.717, 1.165) is 16.8 Å². The van der Waals surface area contributed by atoms with Crippen LogP contribution in [0.1, 0.15) is 27.2 Å². The van der Waals surface area contributed by atoms with Gasteiger partial charge in [0.05, 0.1) is 6.54 Å². The van der Waals surface area contributed by atoms with Gasteiger partial charge in [-0.15, -0.1) is 0 Å². The van der Waals surface area contributed by atoms with Crippen molar-refractivity contribution in [3.8, 4) is 11.1 Å². The Bertz CT molecular complexity index is 703. The van der Waals surface area contributed by atoms with E-state index in [1.165, 1.54) is 0 Å². The first-order valence-corrected chi connectivity index (χ1v) is 8.06. The van der Waals surface area contributed by atoms with Gasteiger partial charge in [0.2, 0.25) is 11.8 Å². The minimum atomic E-state index is -0.236. The van der Waals surface area contributed by atoms with E-state index in [2.05, 4.69) is 10.6 Å². The number of hydrogen-bond acceptors (Lipinski definition) is 2. The van der Waals surface area contributed by atoms with Crippen molar-refractivity contribution in [2.45, 2.75) is 27.2 Å². The average Bonchev–Trinajstić information content (AvgIpc) is 2.53. The zero-order chi connectivity index (χ0) is 17.6. The van der Waals surface area contributed by atoms with Gasteiger partial charge in [-0.2, -0.15) is 0 Å². The molecule has 0 aliphatic carbocycles. The number of benzene rings is 2. The Kier molecular flexibility index (Phi) is 5.74. The number of amides is 2. The Labute approximate surface area is 143 Å². The third-order valence-corrected chi connectivity index (χ3v) is 3.42. The Morgan fingerprint density at radius 2 is 1.50 bits per heavy atom. The third kappa shape index (κ3) is 5.54. The summed E-state index contributed by atoms with van der Waals surface area (Å²) in [5, 5.41) is 5.54. The SMILES string of the molecule is CC(C)(C)CC(=O)NCC(=O)Nc1ccccc1-c1ccccc1. The fraction of sp³-hybridized carbons (Fsp3) is 0.300. The number of para-hydroxylation sites is 1. The van der Waals surface area contributed by atoms with Crippen LogP contribution in [-0.2, 0) is 9.59 Å². The van der Waals surface area contributed by atoms with E-state index in [1.807, 2.05) is 75.4 Å².